The van der Waals surface area contributed by atoms with Gasteiger partial charge in [0.1, 0.15) is 0 Å². The Kier molecular flexibility index (Phi) is 3.85. The minimum atomic E-state index is -0.145. The zero-order valence-corrected chi connectivity index (χ0v) is 9.91. The molecule has 0 aromatic carbocycles. The first kappa shape index (κ1) is 11.2. The molecule has 15 heavy (non-hydrogen) atoms. The predicted octanol–water partition coefficient (Wildman–Crippen LogP) is 3.67. The molecule has 0 aromatic rings. The van der Waals surface area contributed by atoms with E-state index in [1.54, 1.807) is 5.57 Å². The topological polar surface area (TPSA) is 20.2 Å². The van der Waals surface area contributed by atoms with Crippen LogP contribution in [0.25, 0.3) is 0 Å². The van der Waals surface area contributed by atoms with E-state index in [1.165, 1.54) is 44.9 Å². The molecule has 2 aliphatic rings. The van der Waals surface area contributed by atoms with Crippen molar-refractivity contribution in [3.63, 3.8) is 0 Å². The molecule has 0 saturated heterocycles. The molecule has 0 bridgehead atoms. The van der Waals surface area contributed by atoms with Gasteiger partial charge in [-0.15, -0.1) is 0 Å². The van der Waals surface area contributed by atoms with Gasteiger partial charge in [-0.25, -0.2) is 0 Å². The summed E-state index contributed by atoms with van der Waals surface area (Å²) in [6.07, 6.45) is 12.4. The highest BCUT2D eigenvalue weighted by Gasteiger charge is 2.28. The van der Waals surface area contributed by atoms with Crippen molar-refractivity contribution in [2.24, 2.45) is 11.8 Å². The van der Waals surface area contributed by atoms with E-state index in [1.807, 2.05) is 0 Å². The van der Waals surface area contributed by atoms with E-state index in [0.29, 0.717) is 0 Å². The molecule has 1 heteroatoms. The minimum Gasteiger partial charge on any atom is -0.389 e. The van der Waals surface area contributed by atoms with Crippen LogP contribution in [0.1, 0.15) is 58.3 Å². The van der Waals surface area contributed by atoms with Crippen molar-refractivity contribution in [3.8, 4) is 0 Å². The van der Waals surface area contributed by atoms with Crippen LogP contribution in [0.2, 0.25) is 0 Å². The zero-order chi connectivity index (χ0) is 10.7. The fourth-order valence-electron chi connectivity index (χ4n) is 3.42. The van der Waals surface area contributed by atoms with Crippen LogP contribution in [-0.4, -0.2) is 11.2 Å². The molecule has 1 N–H and O–H groups in total. The van der Waals surface area contributed by atoms with Gasteiger partial charge in [0.15, 0.2) is 0 Å². The summed E-state index contributed by atoms with van der Waals surface area (Å²) in [5.74, 6) is 1.70. The number of allylic oxidation sites excluding steroid dienone is 1. The van der Waals surface area contributed by atoms with E-state index in [9.17, 15) is 5.11 Å². The SMILES string of the molecule is CCC1CCCCC1C1=CC(O)CCC1. The first-order valence-corrected chi connectivity index (χ1v) is 6.70. The summed E-state index contributed by atoms with van der Waals surface area (Å²) in [6, 6.07) is 0. The number of hydrogen-bond donors (Lipinski definition) is 1. The predicted molar refractivity (Wildman–Crippen MR) is 63.7 cm³/mol. The third kappa shape index (κ3) is 2.63. The molecule has 3 unspecified atom stereocenters. The van der Waals surface area contributed by atoms with Crippen LogP contribution in [0.15, 0.2) is 11.6 Å². The molecule has 86 valence electrons. The van der Waals surface area contributed by atoms with Crippen LogP contribution in [0, 0.1) is 11.8 Å². The fraction of sp³-hybridized carbons (Fsp3) is 0.857. The first-order valence-electron chi connectivity index (χ1n) is 6.70. The molecule has 0 radical (unpaired) electrons. The van der Waals surface area contributed by atoms with Gasteiger partial charge in [0.2, 0.25) is 0 Å². The van der Waals surface area contributed by atoms with Crippen molar-refractivity contribution in [2.45, 2.75) is 64.4 Å². The van der Waals surface area contributed by atoms with Gasteiger partial charge in [-0.1, -0.05) is 37.8 Å². The number of hydrogen-bond acceptors (Lipinski definition) is 1. The Bertz CT molecular complexity index is 231. The average Bonchev–Trinajstić information content (AvgIpc) is 2.29. The highest BCUT2D eigenvalue weighted by molar-refractivity contribution is 5.14. The standard InChI is InChI=1S/C14H24O/c1-2-11-6-3-4-9-14(11)12-7-5-8-13(15)10-12/h10-11,13-15H,2-9H2,1H3. The van der Waals surface area contributed by atoms with Gasteiger partial charge in [0, 0.05) is 0 Å². The number of aliphatic hydroxyl groups is 1. The van der Waals surface area contributed by atoms with Crippen molar-refractivity contribution in [1.29, 1.82) is 0 Å². The Balaban J connectivity index is 2.06. The van der Waals surface area contributed by atoms with Crippen LogP contribution >= 0.6 is 0 Å². The van der Waals surface area contributed by atoms with E-state index in [-0.39, 0.29) is 6.10 Å². The van der Waals surface area contributed by atoms with Gasteiger partial charge in [-0.3, -0.25) is 0 Å². The van der Waals surface area contributed by atoms with Crippen molar-refractivity contribution >= 4 is 0 Å². The summed E-state index contributed by atoms with van der Waals surface area (Å²) >= 11 is 0. The van der Waals surface area contributed by atoms with Gasteiger partial charge in [0.25, 0.3) is 0 Å². The Morgan fingerprint density at radius 1 is 1.20 bits per heavy atom. The van der Waals surface area contributed by atoms with E-state index >= 15 is 0 Å². The highest BCUT2D eigenvalue weighted by Crippen LogP contribution is 2.40. The fourth-order valence-corrected chi connectivity index (χ4v) is 3.42. The van der Waals surface area contributed by atoms with Crippen LogP contribution in [0.4, 0.5) is 0 Å². The van der Waals surface area contributed by atoms with Gasteiger partial charge in [-0.2, -0.15) is 0 Å². The summed E-state index contributed by atoms with van der Waals surface area (Å²) in [6.45, 7) is 2.32. The van der Waals surface area contributed by atoms with Crippen molar-refractivity contribution in [3.05, 3.63) is 11.6 Å². The molecular formula is C14H24O. The van der Waals surface area contributed by atoms with Crippen molar-refractivity contribution in [2.75, 3.05) is 0 Å². The Hall–Kier alpha value is -0.300. The van der Waals surface area contributed by atoms with E-state index in [4.69, 9.17) is 0 Å². The molecule has 0 heterocycles. The Morgan fingerprint density at radius 3 is 2.73 bits per heavy atom. The molecule has 2 rings (SSSR count). The summed E-state index contributed by atoms with van der Waals surface area (Å²) in [5, 5.41) is 9.69. The normalized spacial score (nSPS) is 37.5. The summed E-state index contributed by atoms with van der Waals surface area (Å²) in [7, 11) is 0. The second kappa shape index (κ2) is 5.16. The number of rotatable bonds is 2. The Labute approximate surface area is 93.6 Å². The summed E-state index contributed by atoms with van der Waals surface area (Å²) in [5.41, 5.74) is 1.58. The molecule has 1 fully saturated rings. The molecule has 0 aromatic heterocycles. The lowest BCUT2D eigenvalue weighted by Crippen LogP contribution is -2.23. The summed E-state index contributed by atoms with van der Waals surface area (Å²) in [4.78, 5) is 0. The van der Waals surface area contributed by atoms with E-state index < -0.39 is 0 Å². The van der Waals surface area contributed by atoms with Crippen LogP contribution < -0.4 is 0 Å². The molecule has 0 aliphatic heterocycles. The summed E-state index contributed by atoms with van der Waals surface area (Å²) < 4.78 is 0. The van der Waals surface area contributed by atoms with Gasteiger partial charge in [0.05, 0.1) is 6.10 Å². The maximum Gasteiger partial charge on any atom is 0.0723 e. The van der Waals surface area contributed by atoms with Crippen molar-refractivity contribution in [1.82, 2.24) is 0 Å². The third-order valence-corrected chi connectivity index (χ3v) is 4.28. The van der Waals surface area contributed by atoms with Gasteiger partial charge in [-0.05, 0) is 43.9 Å². The maximum absolute atomic E-state index is 9.69. The first-order chi connectivity index (χ1) is 7.31. The highest BCUT2D eigenvalue weighted by atomic mass is 16.3. The van der Waals surface area contributed by atoms with Gasteiger partial charge >= 0.3 is 0 Å². The molecule has 0 spiro atoms. The molecule has 3 atom stereocenters. The van der Waals surface area contributed by atoms with Crippen LogP contribution in [0.3, 0.4) is 0 Å². The Morgan fingerprint density at radius 2 is 2.00 bits per heavy atom. The quantitative estimate of drug-likeness (QED) is 0.686. The second-order valence-corrected chi connectivity index (χ2v) is 5.26. The maximum atomic E-state index is 9.69. The third-order valence-electron chi connectivity index (χ3n) is 4.28. The van der Waals surface area contributed by atoms with Crippen LogP contribution in [0.5, 0.6) is 0 Å². The molecule has 0 amide bonds. The average molecular weight is 208 g/mol. The lowest BCUT2D eigenvalue weighted by molar-refractivity contribution is 0.190. The minimum absolute atomic E-state index is 0.145. The smallest absolute Gasteiger partial charge is 0.0723 e. The second-order valence-electron chi connectivity index (χ2n) is 5.26. The largest absolute Gasteiger partial charge is 0.389 e. The molecule has 1 saturated carbocycles. The van der Waals surface area contributed by atoms with E-state index in [2.05, 4.69) is 13.0 Å². The molecule has 1 nitrogen and oxygen atoms in total. The van der Waals surface area contributed by atoms with E-state index in [0.717, 1.165) is 18.3 Å². The van der Waals surface area contributed by atoms with Crippen LogP contribution in [-0.2, 0) is 0 Å². The lowest BCUT2D eigenvalue weighted by atomic mass is 9.71. The monoisotopic (exact) mass is 208 g/mol. The molecule has 2 aliphatic carbocycles. The molecular weight excluding hydrogens is 184 g/mol. The van der Waals surface area contributed by atoms with Crippen molar-refractivity contribution < 1.29 is 5.11 Å². The zero-order valence-electron chi connectivity index (χ0n) is 9.91. The van der Waals surface area contributed by atoms with Gasteiger partial charge < -0.3 is 5.11 Å². The lowest BCUT2D eigenvalue weighted by Gasteiger charge is -2.34. The number of aliphatic hydroxyl groups excluding tert-OH is 1.